The van der Waals surface area contributed by atoms with Gasteiger partial charge >= 0.3 is 0 Å². The third-order valence-electron chi connectivity index (χ3n) is 2.13. The van der Waals surface area contributed by atoms with E-state index in [0.717, 1.165) is 0 Å². The van der Waals surface area contributed by atoms with Gasteiger partial charge in [0.15, 0.2) is 0 Å². The molecule has 0 N–H and O–H groups in total. The van der Waals surface area contributed by atoms with Gasteiger partial charge in [-0.15, -0.1) is 0 Å². The summed E-state index contributed by atoms with van der Waals surface area (Å²) in [6.07, 6.45) is 0.802. The smallest absolute Gasteiger partial charge is 0.232 e. The van der Waals surface area contributed by atoms with Crippen molar-refractivity contribution in [3.8, 4) is 11.8 Å². The van der Waals surface area contributed by atoms with Crippen LogP contribution in [-0.2, 0) is 9.05 Å². The van der Waals surface area contributed by atoms with E-state index in [4.69, 9.17) is 20.7 Å². The molecule has 0 aliphatic carbocycles. The lowest BCUT2D eigenvalue weighted by atomic mass is 10.2. The minimum Gasteiger partial charge on any atom is -0.492 e. The molecule has 0 aliphatic rings. The lowest BCUT2D eigenvalue weighted by Crippen LogP contribution is -2.03. The first kappa shape index (κ1) is 14.7. The molecular formula is C11H11ClFNO3S. The third kappa shape index (κ3) is 4.90. The molecule has 1 rings (SSSR count). The van der Waals surface area contributed by atoms with Crippen molar-refractivity contribution >= 4 is 19.7 Å². The van der Waals surface area contributed by atoms with Crippen molar-refractivity contribution in [2.24, 2.45) is 0 Å². The zero-order chi connectivity index (χ0) is 13.6. The summed E-state index contributed by atoms with van der Waals surface area (Å²) in [6.45, 7) is 0.199. The number of nitriles is 1. The molecule has 18 heavy (non-hydrogen) atoms. The molecule has 0 saturated heterocycles. The van der Waals surface area contributed by atoms with E-state index < -0.39 is 14.9 Å². The minimum absolute atomic E-state index is 0.133. The van der Waals surface area contributed by atoms with Crippen molar-refractivity contribution in [3.63, 3.8) is 0 Å². The fourth-order valence-corrected chi connectivity index (χ4v) is 2.17. The number of nitrogens with zero attached hydrogens (tertiary/aromatic N) is 1. The molecule has 0 aliphatic heterocycles. The summed E-state index contributed by atoms with van der Waals surface area (Å²) >= 11 is 0. The molecule has 0 heterocycles. The zero-order valence-corrected chi connectivity index (χ0v) is 11.0. The van der Waals surface area contributed by atoms with Gasteiger partial charge in [-0.25, -0.2) is 12.8 Å². The van der Waals surface area contributed by atoms with Crippen LogP contribution in [0, 0.1) is 17.1 Å². The SMILES string of the molecule is N#Cc1c(F)cccc1OCCCCS(=O)(=O)Cl. The van der Waals surface area contributed by atoms with Crippen LogP contribution in [0.4, 0.5) is 4.39 Å². The Bertz CT molecular complexity index is 554. The summed E-state index contributed by atoms with van der Waals surface area (Å²) in [4.78, 5) is 0. The van der Waals surface area contributed by atoms with Crippen LogP contribution in [0.1, 0.15) is 18.4 Å². The molecule has 0 bridgehead atoms. The van der Waals surface area contributed by atoms with Gasteiger partial charge in [0.2, 0.25) is 9.05 Å². The van der Waals surface area contributed by atoms with Gasteiger partial charge in [0, 0.05) is 10.7 Å². The van der Waals surface area contributed by atoms with E-state index in [0.29, 0.717) is 12.8 Å². The van der Waals surface area contributed by atoms with Gasteiger partial charge in [-0.05, 0) is 25.0 Å². The van der Waals surface area contributed by atoms with Crippen molar-refractivity contribution < 1.29 is 17.5 Å². The summed E-state index contributed by atoms with van der Waals surface area (Å²) in [7, 11) is 1.55. The first-order valence-electron chi connectivity index (χ1n) is 5.18. The molecular weight excluding hydrogens is 281 g/mol. The predicted molar refractivity (Wildman–Crippen MR) is 65.5 cm³/mol. The maximum absolute atomic E-state index is 13.2. The molecule has 0 saturated carbocycles. The van der Waals surface area contributed by atoms with Crippen LogP contribution in [0.3, 0.4) is 0 Å². The van der Waals surface area contributed by atoms with E-state index in [1.807, 2.05) is 0 Å². The summed E-state index contributed by atoms with van der Waals surface area (Å²) in [6, 6.07) is 5.81. The number of halogens is 2. The molecule has 0 aromatic heterocycles. The van der Waals surface area contributed by atoms with Crippen LogP contribution in [0.5, 0.6) is 5.75 Å². The van der Waals surface area contributed by atoms with Crippen molar-refractivity contribution in [3.05, 3.63) is 29.6 Å². The topological polar surface area (TPSA) is 67.2 Å². The second kappa shape index (κ2) is 6.57. The molecule has 0 unspecified atom stereocenters. The highest BCUT2D eigenvalue weighted by Gasteiger charge is 2.09. The van der Waals surface area contributed by atoms with E-state index in [-0.39, 0.29) is 23.7 Å². The number of hydrogen-bond donors (Lipinski definition) is 0. The highest BCUT2D eigenvalue weighted by Crippen LogP contribution is 2.20. The van der Waals surface area contributed by atoms with Crippen LogP contribution >= 0.6 is 10.7 Å². The fraction of sp³-hybridized carbons (Fsp3) is 0.364. The van der Waals surface area contributed by atoms with Crippen LogP contribution in [0.25, 0.3) is 0 Å². The van der Waals surface area contributed by atoms with Gasteiger partial charge in [0.25, 0.3) is 0 Å². The lowest BCUT2D eigenvalue weighted by molar-refractivity contribution is 0.307. The second-order valence-corrected chi connectivity index (χ2v) is 6.42. The van der Waals surface area contributed by atoms with Gasteiger partial charge in [-0.1, -0.05) is 6.07 Å². The highest BCUT2D eigenvalue weighted by atomic mass is 35.7. The summed E-state index contributed by atoms with van der Waals surface area (Å²) in [5, 5.41) is 8.74. The van der Waals surface area contributed by atoms with Gasteiger partial charge in [-0.3, -0.25) is 0 Å². The van der Waals surface area contributed by atoms with Crippen LogP contribution in [-0.4, -0.2) is 20.8 Å². The Morgan fingerprint density at radius 3 is 2.72 bits per heavy atom. The number of rotatable bonds is 6. The molecule has 0 amide bonds. The third-order valence-corrected chi connectivity index (χ3v) is 3.37. The maximum Gasteiger partial charge on any atom is 0.232 e. The first-order valence-corrected chi connectivity index (χ1v) is 7.65. The van der Waals surface area contributed by atoms with Gasteiger partial charge < -0.3 is 4.74 Å². The van der Waals surface area contributed by atoms with Crippen molar-refractivity contribution in [2.75, 3.05) is 12.4 Å². The quantitative estimate of drug-likeness (QED) is 0.596. The van der Waals surface area contributed by atoms with Crippen LogP contribution in [0.15, 0.2) is 18.2 Å². The Hall–Kier alpha value is -1.32. The molecule has 0 atom stereocenters. The van der Waals surface area contributed by atoms with Gasteiger partial charge in [0.05, 0.1) is 12.4 Å². The van der Waals surface area contributed by atoms with Gasteiger partial charge in [-0.2, -0.15) is 5.26 Å². The Morgan fingerprint density at radius 2 is 2.11 bits per heavy atom. The average molecular weight is 292 g/mol. The molecule has 4 nitrogen and oxygen atoms in total. The number of unbranched alkanes of at least 4 members (excludes halogenated alkanes) is 1. The van der Waals surface area contributed by atoms with E-state index in [9.17, 15) is 12.8 Å². The highest BCUT2D eigenvalue weighted by molar-refractivity contribution is 8.13. The minimum atomic E-state index is -3.48. The zero-order valence-electron chi connectivity index (χ0n) is 9.40. The second-order valence-electron chi connectivity index (χ2n) is 3.52. The van der Waals surface area contributed by atoms with Crippen LogP contribution in [0.2, 0.25) is 0 Å². The molecule has 1 aromatic rings. The van der Waals surface area contributed by atoms with Crippen molar-refractivity contribution in [1.29, 1.82) is 5.26 Å². The lowest BCUT2D eigenvalue weighted by Gasteiger charge is -2.07. The fourth-order valence-electron chi connectivity index (χ4n) is 1.29. The van der Waals surface area contributed by atoms with E-state index in [2.05, 4.69) is 0 Å². The predicted octanol–water partition coefficient (Wildman–Crippen LogP) is 2.42. The maximum atomic E-state index is 13.2. The monoisotopic (exact) mass is 291 g/mol. The Kier molecular flexibility index (Phi) is 5.38. The van der Waals surface area contributed by atoms with Gasteiger partial charge in [0.1, 0.15) is 23.2 Å². The number of benzene rings is 1. The Labute approximate surface area is 109 Å². The average Bonchev–Trinajstić information content (AvgIpc) is 2.27. The van der Waals surface area contributed by atoms with Crippen molar-refractivity contribution in [2.45, 2.75) is 12.8 Å². The molecule has 0 radical (unpaired) electrons. The normalized spacial score (nSPS) is 10.9. The summed E-state index contributed by atoms with van der Waals surface area (Å²) in [5.41, 5.74) is -0.150. The Balaban J connectivity index is 2.46. The van der Waals surface area contributed by atoms with Crippen LogP contribution < -0.4 is 4.74 Å². The molecule has 7 heteroatoms. The summed E-state index contributed by atoms with van der Waals surface area (Å²) in [5.74, 6) is -0.615. The van der Waals surface area contributed by atoms with E-state index in [1.165, 1.54) is 18.2 Å². The van der Waals surface area contributed by atoms with E-state index in [1.54, 1.807) is 6.07 Å². The number of ether oxygens (including phenoxy) is 1. The largest absolute Gasteiger partial charge is 0.492 e. The van der Waals surface area contributed by atoms with Crippen molar-refractivity contribution in [1.82, 2.24) is 0 Å². The van der Waals surface area contributed by atoms with E-state index >= 15 is 0 Å². The molecule has 98 valence electrons. The molecule has 0 fully saturated rings. The molecule has 0 spiro atoms. The first-order chi connectivity index (χ1) is 8.44. The number of hydrogen-bond acceptors (Lipinski definition) is 4. The molecule has 1 aromatic carbocycles. The Morgan fingerprint density at radius 1 is 1.39 bits per heavy atom. The standard InChI is InChI=1S/C11H11ClFNO3S/c12-18(15,16)7-2-1-6-17-11-5-3-4-10(13)9(11)8-14/h3-5H,1-2,6-7H2. The summed E-state index contributed by atoms with van der Waals surface area (Å²) < 4.78 is 39.7.